The van der Waals surface area contributed by atoms with Crippen molar-refractivity contribution in [1.29, 1.82) is 0 Å². The van der Waals surface area contributed by atoms with Crippen molar-refractivity contribution in [2.45, 2.75) is 11.8 Å². The fourth-order valence-electron chi connectivity index (χ4n) is 4.06. The number of hydrogen-bond donors (Lipinski definition) is 1. The van der Waals surface area contributed by atoms with E-state index in [0.717, 1.165) is 21.3 Å². The Kier molecular flexibility index (Phi) is 6.61. The van der Waals surface area contributed by atoms with Crippen LogP contribution in [0, 0.1) is 0 Å². The summed E-state index contributed by atoms with van der Waals surface area (Å²) in [4.78, 5) is 65.0. The van der Waals surface area contributed by atoms with Crippen LogP contribution in [-0.4, -0.2) is 64.8 Å². The second-order valence-electron chi connectivity index (χ2n) is 7.11. The summed E-state index contributed by atoms with van der Waals surface area (Å²) in [5.74, 6) is -5.42. The summed E-state index contributed by atoms with van der Waals surface area (Å²) in [6, 6.07) is 6.14. The highest BCUT2D eigenvalue weighted by Gasteiger charge is 2.64. The summed E-state index contributed by atoms with van der Waals surface area (Å²) in [5.41, 5.74) is 3.48. The minimum absolute atomic E-state index is 0.0822. The molecule has 180 valence electrons. The van der Waals surface area contributed by atoms with Crippen molar-refractivity contribution in [3.63, 3.8) is 0 Å². The molecule has 0 aromatic heterocycles. The van der Waals surface area contributed by atoms with Crippen LogP contribution in [0.2, 0.25) is 0 Å². The van der Waals surface area contributed by atoms with E-state index in [1.165, 1.54) is 24.1 Å². The number of esters is 5. The Balaban J connectivity index is 2.46. The standard InChI is InChI=1S/C22H22N2O10/c1-30-14(25)9-13-16(19(27)32-3)22(21(29)34-13)11-7-5-6-8-12(11)24(10-15(26)31-2)18(23)17(22)20(28)33-4/h5-8H,9-10,23H2,1-4H3/t22-/m0/s1. The van der Waals surface area contributed by atoms with E-state index in [4.69, 9.17) is 24.7 Å². The van der Waals surface area contributed by atoms with Crippen LogP contribution in [0.1, 0.15) is 12.0 Å². The second kappa shape index (κ2) is 9.25. The van der Waals surface area contributed by atoms with Crippen LogP contribution < -0.4 is 10.6 Å². The lowest BCUT2D eigenvalue weighted by Gasteiger charge is -2.40. The molecule has 0 fully saturated rings. The first kappa shape index (κ1) is 24.3. The zero-order chi connectivity index (χ0) is 25.2. The van der Waals surface area contributed by atoms with Gasteiger partial charge in [0.2, 0.25) is 0 Å². The van der Waals surface area contributed by atoms with E-state index >= 15 is 0 Å². The summed E-state index contributed by atoms with van der Waals surface area (Å²) in [5, 5.41) is 0. The fourth-order valence-corrected chi connectivity index (χ4v) is 4.06. The predicted octanol–water partition coefficient (Wildman–Crippen LogP) is -0.192. The number of para-hydroxylation sites is 1. The van der Waals surface area contributed by atoms with Gasteiger partial charge in [0.25, 0.3) is 0 Å². The molecule has 2 aliphatic heterocycles. The van der Waals surface area contributed by atoms with Crippen molar-refractivity contribution in [2.75, 3.05) is 39.9 Å². The van der Waals surface area contributed by atoms with E-state index in [1.54, 1.807) is 12.1 Å². The highest BCUT2D eigenvalue weighted by Crippen LogP contribution is 2.54. The number of ether oxygens (including phenoxy) is 5. The summed E-state index contributed by atoms with van der Waals surface area (Å²) in [6.07, 6.45) is -0.600. The SMILES string of the molecule is COC(=O)CC1=C(C(=O)OC)[C@]2(C(=O)O1)C(C(=O)OC)=C(N)N(CC(=O)OC)c1ccccc12. The molecular formula is C22H22N2O10. The maximum Gasteiger partial charge on any atom is 0.339 e. The third-order valence-electron chi connectivity index (χ3n) is 5.52. The van der Waals surface area contributed by atoms with Crippen LogP contribution in [-0.2, 0) is 53.1 Å². The molecule has 0 bridgehead atoms. The van der Waals surface area contributed by atoms with Gasteiger partial charge in [-0.25, -0.2) is 14.4 Å². The third-order valence-corrected chi connectivity index (χ3v) is 5.52. The number of cyclic esters (lactones) is 1. The Labute approximate surface area is 193 Å². The monoisotopic (exact) mass is 474 g/mol. The number of hydrogen-bond acceptors (Lipinski definition) is 12. The van der Waals surface area contributed by atoms with E-state index in [0.29, 0.717) is 0 Å². The number of nitrogens with zero attached hydrogens (tertiary/aromatic N) is 1. The molecule has 12 heteroatoms. The molecule has 2 heterocycles. The van der Waals surface area contributed by atoms with Crippen molar-refractivity contribution in [3.8, 4) is 0 Å². The van der Waals surface area contributed by atoms with Crippen LogP contribution in [0.3, 0.4) is 0 Å². The van der Waals surface area contributed by atoms with Gasteiger partial charge in [-0.1, -0.05) is 18.2 Å². The molecule has 2 N–H and O–H groups in total. The number of benzene rings is 1. The molecule has 3 rings (SSSR count). The molecule has 1 atom stereocenters. The Bertz CT molecular complexity index is 1150. The first-order valence-corrected chi connectivity index (χ1v) is 9.82. The maximum absolute atomic E-state index is 13.6. The van der Waals surface area contributed by atoms with E-state index in [-0.39, 0.29) is 22.8 Å². The largest absolute Gasteiger partial charge is 0.469 e. The third kappa shape index (κ3) is 3.52. The molecule has 0 saturated carbocycles. The van der Waals surface area contributed by atoms with E-state index < -0.39 is 59.4 Å². The van der Waals surface area contributed by atoms with Crippen LogP contribution in [0.4, 0.5) is 5.69 Å². The Hall–Kier alpha value is -4.35. The molecule has 2 aliphatic rings. The number of rotatable bonds is 6. The summed E-state index contributed by atoms with van der Waals surface area (Å²) in [6.45, 7) is -0.419. The first-order chi connectivity index (χ1) is 16.2. The Morgan fingerprint density at radius 1 is 0.912 bits per heavy atom. The van der Waals surface area contributed by atoms with Gasteiger partial charge in [-0.2, -0.15) is 0 Å². The topological polar surface area (TPSA) is 161 Å². The molecule has 1 spiro atoms. The summed E-state index contributed by atoms with van der Waals surface area (Å²) < 4.78 is 24.5. The lowest BCUT2D eigenvalue weighted by atomic mass is 9.66. The molecular weight excluding hydrogens is 452 g/mol. The van der Waals surface area contributed by atoms with Crippen LogP contribution >= 0.6 is 0 Å². The van der Waals surface area contributed by atoms with Gasteiger partial charge in [0.15, 0.2) is 5.41 Å². The lowest BCUT2D eigenvalue weighted by Crippen LogP contribution is -2.51. The zero-order valence-corrected chi connectivity index (χ0v) is 18.8. The van der Waals surface area contributed by atoms with Crippen molar-refractivity contribution in [2.24, 2.45) is 5.73 Å². The van der Waals surface area contributed by atoms with Gasteiger partial charge in [0.1, 0.15) is 35.7 Å². The van der Waals surface area contributed by atoms with Gasteiger partial charge < -0.3 is 34.3 Å². The van der Waals surface area contributed by atoms with Gasteiger partial charge >= 0.3 is 29.8 Å². The number of carbonyl (C=O) groups is 5. The average molecular weight is 474 g/mol. The minimum Gasteiger partial charge on any atom is -0.469 e. The van der Waals surface area contributed by atoms with Gasteiger partial charge in [-0.05, 0) is 6.07 Å². The van der Waals surface area contributed by atoms with Gasteiger partial charge in [0, 0.05) is 11.3 Å². The highest BCUT2D eigenvalue weighted by atomic mass is 16.6. The molecule has 34 heavy (non-hydrogen) atoms. The molecule has 0 unspecified atom stereocenters. The van der Waals surface area contributed by atoms with Crippen LogP contribution in [0.15, 0.2) is 47.0 Å². The Morgan fingerprint density at radius 2 is 1.50 bits per heavy atom. The van der Waals surface area contributed by atoms with Gasteiger partial charge in [0.05, 0.1) is 28.4 Å². The molecule has 0 saturated heterocycles. The molecule has 0 aliphatic carbocycles. The minimum atomic E-state index is -2.24. The van der Waals surface area contributed by atoms with Gasteiger partial charge in [-0.15, -0.1) is 0 Å². The molecule has 1 aromatic carbocycles. The summed E-state index contributed by atoms with van der Waals surface area (Å²) >= 11 is 0. The van der Waals surface area contributed by atoms with Crippen LogP contribution in [0.25, 0.3) is 0 Å². The Morgan fingerprint density at radius 3 is 2.09 bits per heavy atom. The number of anilines is 1. The smallest absolute Gasteiger partial charge is 0.339 e. The van der Waals surface area contributed by atoms with Crippen LogP contribution in [0.5, 0.6) is 0 Å². The molecule has 0 radical (unpaired) electrons. The average Bonchev–Trinajstić information content (AvgIpc) is 3.12. The van der Waals surface area contributed by atoms with Crippen molar-refractivity contribution < 1.29 is 47.7 Å². The van der Waals surface area contributed by atoms with Crippen molar-refractivity contribution in [3.05, 3.63) is 52.6 Å². The maximum atomic E-state index is 13.6. The number of methoxy groups -OCH3 is 4. The number of carbonyl (C=O) groups excluding carboxylic acids is 5. The number of nitrogens with two attached hydrogens (primary N) is 1. The summed E-state index contributed by atoms with van der Waals surface area (Å²) in [7, 11) is 4.40. The van der Waals surface area contributed by atoms with E-state index in [1.807, 2.05) is 0 Å². The number of fused-ring (bicyclic) bond motifs is 2. The quantitative estimate of drug-likeness (QED) is 0.428. The van der Waals surface area contributed by atoms with Crippen molar-refractivity contribution in [1.82, 2.24) is 0 Å². The fraction of sp³-hybridized carbons (Fsp3) is 0.318. The predicted molar refractivity (Wildman–Crippen MR) is 112 cm³/mol. The second-order valence-corrected chi connectivity index (χ2v) is 7.11. The van der Waals surface area contributed by atoms with Gasteiger partial charge in [-0.3, -0.25) is 9.59 Å². The van der Waals surface area contributed by atoms with E-state index in [9.17, 15) is 24.0 Å². The molecule has 1 aromatic rings. The highest BCUT2D eigenvalue weighted by molar-refractivity contribution is 6.16. The molecule has 0 amide bonds. The van der Waals surface area contributed by atoms with E-state index in [2.05, 4.69) is 4.74 Å². The zero-order valence-electron chi connectivity index (χ0n) is 18.8. The molecule has 12 nitrogen and oxygen atoms in total. The first-order valence-electron chi connectivity index (χ1n) is 9.82. The normalized spacial score (nSPS) is 18.9. The van der Waals surface area contributed by atoms with Crippen molar-refractivity contribution >= 4 is 35.5 Å². The lowest BCUT2D eigenvalue weighted by molar-refractivity contribution is -0.147.